The van der Waals surface area contributed by atoms with E-state index in [4.69, 9.17) is 0 Å². The predicted octanol–water partition coefficient (Wildman–Crippen LogP) is 4.29. The van der Waals surface area contributed by atoms with Crippen molar-refractivity contribution in [2.75, 3.05) is 5.32 Å². The van der Waals surface area contributed by atoms with Crippen LogP contribution in [0.5, 0.6) is 0 Å². The lowest BCUT2D eigenvalue weighted by molar-refractivity contribution is 1.10. The van der Waals surface area contributed by atoms with E-state index in [0.717, 1.165) is 6.54 Å². The number of thiophene rings is 1. The van der Waals surface area contributed by atoms with Crippen molar-refractivity contribution in [2.24, 2.45) is 0 Å². The highest BCUT2D eigenvalue weighted by Crippen LogP contribution is 2.21. The summed E-state index contributed by atoms with van der Waals surface area (Å²) < 4.78 is 0. The summed E-state index contributed by atoms with van der Waals surface area (Å²) in [6.07, 6.45) is 0. The standard InChI is InChI=1S/C14H17NS/c1-10-5-4-6-13(12(10)3)7-15-14-9-16-8-11(14)2/h4-6,8-9,15H,7H2,1-3H3. The molecule has 0 unspecified atom stereocenters. The molecule has 0 spiro atoms. The first-order chi connectivity index (χ1) is 7.68. The molecule has 0 fully saturated rings. The van der Waals surface area contributed by atoms with Crippen LogP contribution < -0.4 is 5.32 Å². The van der Waals surface area contributed by atoms with Crippen LogP contribution in [0.2, 0.25) is 0 Å². The van der Waals surface area contributed by atoms with Crippen molar-refractivity contribution in [3.63, 3.8) is 0 Å². The molecule has 0 saturated heterocycles. The third-order valence-corrected chi connectivity index (χ3v) is 3.90. The van der Waals surface area contributed by atoms with Crippen molar-refractivity contribution in [1.29, 1.82) is 0 Å². The zero-order valence-electron chi connectivity index (χ0n) is 10.0. The molecular weight excluding hydrogens is 214 g/mol. The van der Waals surface area contributed by atoms with Gasteiger partial charge >= 0.3 is 0 Å². The minimum atomic E-state index is 0.908. The van der Waals surface area contributed by atoms with E-state index in [2.05, 4.69) is 55.0 Å². The summed E-state index contributed by atoms with van der Waals surface area (Å²) in [6.45, 7) is 7.40. The van der Waals surface area contributed by atoms with Gasteiger partial charge in [-0.25, -0.2) is 0 Å². The van der Waals surface area contributed by atoms with Gasteiger partial charge in [0.05, 0.1) is 0 Å². The van der Waals surface area contributed by atoms with Gasteiger partial charge in [-0.1, -0.05) is 18.2 Å². The van der Waals surface area contributed by atoms with Crippen LogP contribution in [-0.4, -0.2) is 0 Å². The van der Waals surface area contributed by atoms with Crippen molar-refractivity contribution >= 4 is 17.0 Å². The minimum Gasteiger partial charge on any atom is -0.380 e. The molecule has 0 radical (unpaired) electrons. The Morgan fingerprint density at radius 1 is 1.06 bits per heavy atom. The third kappa shape index (κ3) is 2.27. The highest BCUT2D eigenvalue weighted by molar-refractivity contribution is 7.08. The quantitative estimate of drug-likeness (QED) is 0.831. The Kier molecular flexibility index (Phi) is 3.30. The number of hydrogen-bond acceptors (Lipinski definition) is 2. The van der Waals surface area contributed by atoms with Crippen LogP contribution in [0.15, 0.2) is 29.0 Å². The van der Waals surface area contributed by atoms with E-state index in [0.29, 0.717) is 0 Å². The van der Waals surface area contributed by atoms with Crippen LogP contribution >= 0.6 is 11.3 Å². The zero-order chi connectivity index (χ0) is 11.5. The fourth-order valence-electron chi connectivity index (χ4n) is 1.74. The maximum Gasteiger partial charge on any atom is 0.0481 e. The Morgan fingerprint density at radius 3 is 2.56 bits per heavy atom. The van der Waals surface area contributed by atoms with E-state index < -0.39 is 0 Å². The molecule has 0 saturated carbocycles. The fourth-order valence-corrected chi connectivity index (χ4v) is 2.54. The smallest absolute Gasteiger partial charge is 0.0481 e. The van der Waals surface area contributed by atoms with Crippen molar-refractivity contribution in [3.05, 3.63) is 51.2 Å². The van der Waals surface area contributed by atoms with Crippen molar-refractivity contribution in [3.8, 4) is 0 Å². The molecule has 1 aromatic carbocycles. The monoisotopic (exact) mass is 231 g/mol. The summed E-state index contributed by atoms with van der Waals surface area (Å²) in [6, 6.07) is 6.48. The lowest BCUT2D eigenvalue weighted by Crippen LogP contribution is -2.02. The zero-order valence-corrected chi connectivity index (χ0v) is 10.8. The van der Waals surface area contributed by atoms with Crippen LogP contribution in [0.25, 0.3) is 0 Å². The van der Waals surface area contributed by atoms with Crippen LogP contribution in [0.1, 0.15) is 22.3 Å². The third-order valence-electron chi connectivity index (χ3n) is 3.04. The van der Waals surface area contributed by atoms with E-state index in [1.807, 2.05) is 0 Å². The molecule has 1 N–H and O–H groups in total. The first-order valence-corrected chi connectivity index (χ1v) is 6.44. The second kappa shape index (κ2) is 4.71. The average Bonchev–Trinajstić information content (AvgIpc) is 2.67. The van der Waals surface area contributed by atoms with Gasteiger partial charge in [-0.05, 0) is 48.4 Å². The molecule has 1 heterocycles. The van der Waals surface area contributed by atoms with E-state index in [9.17, 15) is 0 Å². The minimum absolute atomic E-state index is 0.908. The van der Waals surface area contributed by atoms with Gasteiger partial charge in [0, 0.05) is 17.6 Å². The molecule has 0 aliphatic heterocycles. The van der Waals surface area contributed by atoms with E-state index in [1.54, 1.807) is 11.3 Å². The first kappa shape index (κ1) is 11.2. The normalized spacial score (nSPS) is 10.4. The van der Waals surface area contributed by atoms with Crippen LogP contribution in [-0.2, 0) is 6.54 Å². The second-order valence-electron chi connectivity index (χ2n) is 4.18. The average molecular weight is 231 g/mol. The van der Waals surface area contributed by atoms with Gasteiger partial charge in [0.15, 0.2) is 0 Å². The Morgan fingerprint density at radius 2 is 1.88 bits per heavy atom. The topological polar surface area (TPSA) is 12.0 Å². The van der Waals surface area contributed by atoms with E-state index in [1.165, 1.54) is 27.9 Å². The molecule has 1 aromatic heterocycles. The maximum atomic E-state index is 3.49. The molecule has 0 aliphatic carbocycles. The summed E-state index contributed by atoms with van der Waals surface area (Å²) in [5, 5.41) is 7.83. The number of nitrogens with one attached hydrogen (secondary N) is 1. The number of benzene rings is 1. The first-order valence-electron chi connectivity index (χ1n) is 5.50. The Bertz CT molecular complexity index is 485. The fraction of sp³-hybridized carbons (Fsp3) is 0.286. The van der Waals surface area contributed by atoms with E-state index >= 15 is 0 Å². The molecule has 2 aromatic rings. The molecular formula is C14H17NS. The molecule has 16 heavy (non-hydrogen) atoms. The number of anilines is 1. The number of rotatable bonds is 3. The Labute approximate surface area is 101 Å². The molecule has 2 heteroatoms. The molecule has 0 bridgehead atoms. The van der Waals surface area contributed by atoms with Crippen LogP contribution in [0.4, 0.5) is 5.69 Å². The maximum absolute atomic E-state index is 3.49. The highest BCUT2D eigenvalue weighted by atomic mass is 32.1. The molecule has 84 valence electrons. The summed E-state index contributed by atoms with van der Waals surface area (Å²) in [5.41, 5.74) is 6.72. The van der Waals surface area contributed by atoms with Gasteiger partial charge in [0.25, 0.3) is 0 Å². The molecule has 0 aliphatic rings. The lowest BCUT2D eigenvalue weighted by Gasteiger charge is -2.10. The van der Waals surface area contributed by atoms with Crippen molar-refractivity contribution in [1.82, 2.24) is 0 Å². The largest absolute Gasteiger partial charge is 0.380 e. The van der Waals surface area contributed by atoms with Gasteiger partial charge in [-0.3, -0.25) is 0 Å². The lowest BCUT2D eigenvalue weighted by atomic mass is 10.0. The highest BCUT2D eigenvalue weighted by Gasteiger charge is 2.02. The molecule has 1 nitrogen and oxygen atoms in total. The van der Waals surface area contributed by atoms with Gasteiger partial charge in [0.1, 0.15) is 0 Å². The number of aryl methyl sites for hydroxylation is 2. The summed E-state index contributed by atoms with van der Waals surface area (Å²) in [7, 11) is 0. The van der Waals surface area contributed by atoms with Gasteiger partial charge in [0.2, 0.25) is 0 Å². The van der Waals surface area contributed by atoms with Crippen molar-refractivity contribution in [2.45, 2.75) is 27.3 Å². The summed E-state index contributed by atoms with van der Waals surface area (Å²) >= 11 is 1.75. The molecule has 0 amide bonds. The summed E-state index contributed by atoms with van der Waals surface area (Å²) in [4.78, 5) is 0. The number of hydrogen-bond donors (Lipinski definition) is 1. The predicted molar refractivity (Wildman–Crippen MR) is 72.3 cm³/mol. The van der Waals surface area contributed by atoms with Crippen LogP contribution in [0, 0.1) is 20.8 Å². The molecule has 0 atom stereocenters. The van der Waals surface area contributed by atoms with Gasteiger partial charge in [-0.15, -0.1) is 11.3 Å². The molecule has 2 rings (SSSR count). The Balaban J connectivity index is 2.11. The Hall–Kier alpha value is -1.28. The SMILES string of the molecule is Cc1cscc1NCc1cccc(C)c1C. The van der Waals surface area contributed by atoms with Gasteiger partial charge < -0.3 is 5.32 Å². The second-order valence-corrected chi connectivity index (χ2v) is 4.92. The van der Waals surface area contributed by atoms with Crippen LogP contribution in [0.3, 0.4) is 0 Å². The summed E-state index contributed by atoms with van der Waals surface area (Å²) in [5.74, 6) is 0. The van der Waals surface area contributed by atoms with E-state index in [-0.39, 0.29) is 0 Å². The van der Waals surface area contributed by atoms with Gasteiger partial charge in [-0.2, -0.15) is 0 Å². The van der Waals surface area contributed by atoms with Crippen molar-refractivity contribution < 1.29 is 0 Å².